The van der Waals surface area contributed by atoms with Gasteiger partial charge in [0.2, 0.25) is 5.69 Å². The summed E-state index contributed by atoms with van der Waals surface area (Å²) < 4.78 is 26.9. The number of halogens is 2. The molecule has 0 atom stereocenters. The van der Waals surface area contributed by atoms with Gasteiger partial charge < -0.3 is 0 Å². The van der Waals surface area contributed by atoms with Gasteiger partial charge in [0.05, 0.1) is 16.8 Å². The molecule has 9 heteroatoms. The molecule has 0 aromatic carbocycles. The van der Waals surface area contributed by atoms with Crippen LogP contribution in [0.5, 0.6) is 0 Å². The van der Waals surface area contributed by atoms with Gasteiger partial charge in [0.15, 0.2) is 0 Å². The third kappa shape index (κ3) is 2.58. The Bertz CT molecular complexity index is 676. The molecule has 2 aromatic heterocycles. The zero-order chi connectivity index (χ0) is 15.7. The fraction of sp³-hybridized carbons (Fsp3) is 0.538. The van der Waals surface area contributed by atoms with E-state index in [-0.39, 0.29) is 5.92 Å². The summed E-state index contributed by atoms with van der Waals surface area (Å²) in [4.78, 5) is 10.0. The van der Waals surface area contributed by atoms with Gasteiger partial charge in [-0.15, -0.1) is 0 Å². The van der Waals surface area contributed by atoms with Crippen molar-refractivity contribution < 1.29 is 13.7 Å². The molecule has 1 N–H and O–H groups in total. The minimum absolute atomic E-state index is 0.254. The molecule has 1 aliphatic rings. The highest BCUT2D eigenvalue weighted by Gasteiger charge is 2.29. The van der Waals surface area contributed by atoms with Gasteiger partial charge in [-0.05, 0) is 12.8 Å². The van der Waals surface area contributed by atoms with Gasteiger partial charge in [-0.2, -0.15) is 10.2 Å². The smallest absolute Gasteiger partial charge is 0.280 e. The quantitative estimate of drug-likeness (QED) is 0.691. The number of nitro groups is 1. The maximum atomic E-state index is 12.9. The van der Waals surface area contributed by atoms with E-state index >= 15 is 0 Å². The van der Waals surface area contributed by atoms with Crippen molar-refractivity contribution in [1.29, 1.82) is 0 Å². The average Bonchev–Trinajstić information content (AvgIpc) is 3.14. The molecule has 0 aliphatic heterocycles. The summed E-state index contributed by atoms with van der Waals surface area (Å²) >= 11 is 0. The van der Waals surface area contributed by atoms with E-state index < -0.39 is 22.7 Å². The van der Waals surface area contributed by atoms with Gasteiger partial charge in [-0.3, -0.25) is 15.2 Å². The van der Waals surface area contributed by atoms with Gasteiger partial charge in [-0.25, -0.2) is 13.5 Å². The van der Waals surface area contributed by atoms with Crippen molar-refractivity contribution in [2.75, 3.05) is 0 Å². The summed E-state index contributed by atoms with van der Waals surface area (Å²) in [5, 5.41) is 21.4. The van der Waals surface area contributed by atoms with Crippen LogP contribution in [-0.2, 0) is 0 Å². The molecule has 2 aromatic rings. The topological polar surface area (TPSA) is 89.6 Å². The fourth-order valence-corrected chi connectivity index (χ4v) is 2.96. The number of hydrogen-bond donors (Lipinski definition) is 1. The lowest BCUT2D eigenvalue weighted by atomic mass is 9.86. The lowest BCUT2D eigenvalue weighted by Gasteiger charge is -2.21. The molecule has 7 nitrogen and oxygen atoms in total. The lowest BCUT2D eigenvalue weighted by molar-refractivity contribution is -0.386. The van der Waals surface area contributed by atoms with E-state index in [1.807, 2.05) is 0 Å². The molecule has 3 rings (SSSR count). The van der Waals surface area contributed by atoms with E-state index in [1.165, 1.54) is 12.6 Å². The second-order valence-electron chi connectivity index (χ2n) is 5.41. The van der Waals surface area contributed by atoms with Gasteiger partial charge >= 0.3 is 5.69 Å². The number of rotatable bonds is 4. The van der Waals surface area contributed by atoms with Crippen LogP contribution in [0.15, 0.2) is 12.4 Å². The first-order chi connectivity index (χ1) is 10.6. The molecule has 0 unspecified atom stereocenters. The molecule has 1 fully saturated rings. The number of nitrogens with one attached hydrogen (secondary N) is 1. The summed E-state index contributed by atoms with van der Waals surface area (Å²) in [6, 6.07) is 0. The van der Waals surface area contributed by atoms with Gasteiger partial charge in [-0.1, -0.05) is 19.3 Å². The van der Waals surface area contributed by atoms with Crippen LogP contribution in [0.25, 0.3) is 5.69 Å². The molecule has 22 heavy (non-hydrogen) atoms. The van der Waals surface area contributed by atoms with E-state index in [2.05, 4.69) is 15.3 Å². The molecular formula is C13H15F2N5O2. The zero-order valence-corrected chi connectivity index (χ0v) is 11.7. The normalized spacial score (nSPS) is 16.3. The highest BCUT2D eigenvalue weighted by molar-refractivity contribution is 5.42. The monoisotopic (exact) mass is 311 g/mol. The Morgan fingerprint density at radius 3 is 2.68 bits per heavy atom. The van der Waals surface area contributed by atoms with Crippen molar-refractivity contribution >= 4 is 5.69 Å². The minimum Gasteiger partial charge on any atom is -0.280 e. The third-order valence-electron chi connectivity index (χ3n) is 4.03. The maximum absolute atomic E-state index is 12.9. The number of hydrogen-bond acceptors (Lipinski definition) is 4. The number of nitrogens with zero attached hydrogens (tertiary/aromatic N) is 4. The summed E-state index contributed by atoms with van der Waals surface area (Å²) in [7, 11) is 0. The van der Waals surface area contributed by atoms with E-state index in [1.54, 1.807) is 0 Å². The van der Waals surface area contributed by atoms with Gasteiger partial charge in [0, 0.05) is 5.92 Å². The Kier molecular flexibility index (Phi) is 3.86. The highest BCUT2D eigenvalue weighted by atomic mass is 19.3. The predicted octanol–water partition coefficient (Wildman–Crippen LogP) is 3.49. The van der Waals surface area contributed by atoms with Crippen LogP contribution >= 0.6 is 0 Å². The Morgan fingerprint density at radius 2 is 2.09 bits per heavy atom. The first-order valence-electron chi connectivity index (χ1n) is 7.13. The Labute approximate surface area is 124 Å². The van der Waals surface area contributed by atoms with E-state index in [0.717, 1.165) is 42.3 Å². The summed E-state index contributed by atoms with van der Waals surface area (Å²) in [6.07, 6.45) is 4.86. The van der Waals surface area contributed by atoms with Crippen LogP contribution in [0, 0.1) is 10.1 Å². The molecule has 0 radical (unpaired) electrons. The summed E-state index contributed by atoms with van der Waals surface area (Å²) in [6.45, 7) is 0. The van der Waals surface area contributed by atoms with Crippen LogP contribution in [0.3, 0.4) is 0 Å². The number of H-pyrrole nitrogens is 1. The predicted molar refractivity (Wildman–Crippen MR) is 73.1 cm³/mol. The molecular weight excluding hydrogens is 296 g/mol. The maximum Gasteiger partial charge on any atom is 0.316 e. The zero-order valence-electron chi connectivity index (χ0n) is 11.7. The number of aromatic amines is 1. The minimum atomic E-state index is -2.99. The SMILES string of the molecule is O=[N+]([O-])c1cn(-c2cn[nH]c2C2CCCCC2)nc1C(F)F. The van der Waals surface area contributed by atoms with Crippen molar-refractivity contribution in [3.63, 3.8) is 0 Å². The van der Waals surface area contributed by atoms with Crippen molar-refractivity contribution in [2.45, 2.75) is 44.4 Å². The van der Waals surface area contributed by atoms with E-state index in [9.17, 15) is 18.9 Å². The standard InChI is InChI=1S/C13H15F2N5O2/c14-13(15)12-10(20(21)22)7-19(18-12)9-6-16-17-11(9)8-4-2-1-3-5-8/h6-8,13H,1-5H2,(H,16,17). The van der Waals surface area contributed by atoms with E-state index in [4.69, 9.17) is 0 Å². The van der Waals surface area contributed by atoms with Crippen molar-refractivity contribution in [2.24, 2.45) is 0 Å². The van der Waals surface area contributed by atoms with Gasteiger partial charge in [0.25, 0.3) is 6.43 Å². The number of aromatic nitrogens is 4. The molecule has 0 saturated heterocycles. The fourth-order valence-electron chi connectivity index (χ4n) is 2.96. The number of alkyl halides is 2. The Balaban J connectivity index is 2.00. The van der Waals surface area contributed by atoms with Crippen LogP contribution in [0.1, 0.15) is 55.8 Å². The average molecular weight is 311 g/mol. The van der Waals surface area contributed by atoms with Gasteiger partial charge in [0.1, 0.15) is 11.9 Å². The van der Waals surface area contributed by atoms with Crippen LogP contribution in [0.4, 0.5) is 14.5 Å². The van der Waals surface area contributed by atoms with Crippen molar-refractivity contribution in [1.82, 2.24) is 20.0 Å². The Hall–Kier alpha value is -2.32. The second-order valence-corrected chi connectivity index (χ2v) is 5.41. The van der Waals surface area contributed by atoms with Crippen LogP contribution in [-0.4, -0.2) is 24.9 Å². The van der Waals surface area contributed by atoms with Crippen molar-refractivity contribution in [3.8, 4) is 5.69 Å². The first kappa shape index (κ1) is 14.6. The van der Waals surface area contributed by atoms with Crippen LogP contribution < -0.4 is 0 Å². The largest absolute Gasteiger partial charge is 0.316 e. The molecule has 1 aliphatic carbocycles. The van der Waals surface area contributed by atoms with E-state index in [0.29, 0.717) is 5.69 Å². The summed E-state index contributed by atoms with van der Waals surface area (Å²) in [5.74, 6) is 0.254. The summed E-state index contributed by atoms with van der Waals surface area (Å²) in [5.41, 5.74) is -0.189. The Morgan fingerprint density at radius 1 is 1.36 bits per heavy atom. The second kappa shape index (κ2) is 5.82. The third-order valence-corrected chi connectivity index (χ3v) is 4.03. The molecule has 0 spiro atoms. The molecule has 0 amide bonds. The highest BCUT2D eigenvalue weighted by Crippen LogP contribution is 2.35. The van der Waals surface area contributed by atoms with Crippen LogP contribution in [0.2, 0.25) is 0 Å². The molecule has 0 bridgehead atoms. The molecule has 2 heterocycles. The molecule has 1 saturated carbocycles. The lowest BCUT2D eigenvalue weighted by Crippen LogP contribution is -2.08. The first-order valence-corrected chi connectivity index (χ1v) is 7.13. The van der Waals surface area contributed by atoms with Crippen molar-refractivity contribution in [3.05, 3.63) is 33.9 Å². The molecule has 118 valence electrons.